The van der Waals surface area contributed by atoms with Crippen molar-refractivity contribution in [2.24, 2.45) is 17.6 Å². The Labute approximate surface area is 60.2 Å². The van der Waals surface area contributed by atoms with Crippen molar-refractivity contribution >= 4 is 5.97 Å². The average molecular weight is 143 g/mol. The third-order valence-corrected chi connectivity index (χ3v) is 2.26. The monoisotopic (exact) mass is 143 g/mol. The van der Waals surface area contributed by atoms with Crippen molar-refractivity contribution in [3.05, 3.63) is 0 Å². The first-order valence-corrected chi connectivity index (χ1v) is 3.50. The zero-order valence-electron chi connectivity index (χ0n) is 6.29. The fourth-order valence-corrected chi connectivity index (χ4v) is 1.38. The molecule has 0 spiro atoms. The van der Waals surface area contributed by atoms with Crippen molar-refractivity contribution in [2.45, 2.75) is 25.8 Å². The molecule has 1 rings (SSSR count). The van der Waals surface area contributed by atoms with E-state index >= 15 is 0 Å². The second kappa shape index (κ2) is 1.95. The number of rotatable bonds is 2. The lowest BCUT2D eigenvalue weighted by molar-refractivity contribution is -0.140. The van der Waals surface area contributed by atoms with Crippen molar-refractivity contribution in [3.8, 4) is 0 Å². The maximum absolute atomic E-state index is 10.5. The van der Waals surface area contributed by atoms with E-state index in [2.05, 4.69) is 0 Å². The van der Waals surface area contributed by atoms with E-state index in [9.17, 15) is 4.79 Å². The predicted octanol–water partition coefficient (Wildman–Crippen LogP) is 0.444. The van der Waals surface area contributed by atoms with Gasteiger partial charge in [-0.15, -0.1) is 0 Å². The van der Waals surface area contributed by atoms with Crippen LogP contribution in [0, 0.1) is 11.8 Å². The Kier molecular flexibility index (Phi) is 1.47. The fourth-order valence-electron chi connectivity index (χ4n) is 1.38. The first-order chi connectivity index (χ1) is 4.48. The van der Waals surface area contributed by atoms with E-state index in [-0.39, 0.29) is 5.92 Å². The lowest BCUT2D eigenvalue weighted by atomic mass is 10.1. The summed E-state index contributed by atoms with van der Waals surface area (Å²) in [5.41, 5.74) is 4.64. The molecule has 0 aromatic heterocycles. The SMILES string of the molecule is CC(C)[C@@H]1C[C@]1(N)C(=O)O. The number of carboxylic acids is 1. The third-order valence-electron chi connectivity index (χ3n) is 2.26. The van der Waals surface area contributed by atoms with Crippen LogP contribution in [-0.2, 0) is 4.79 Å². The van der Waals surface area contributed by atoms with Crippen LogP contribution in [0.15, 0.2) is 0 Å². The first-order valence-electron chi connectivity index (χ1n) is 3.50. The Morgan fingerprint density at radius 2 is 2.30 bits per heavy atom. The summed E-state index contributed by atoms with van der Waals surface area (Å²) in [5.74, 6) is -0.280. The van der Waals surface area contributed by atoms with E-state index in [0.717, 1.165) is 0 Å². The Morgan fingerprint density at radius 3 is 2.40 bits per heavy atom. The summed E-state index contributed by atoms with van der Waals surface area (Å²) in [7, 11) is 0. The van der Waals surface area contributed by atoms with E-state index < -0.39 is 11.5 Å². The van der Waals surface area contributed by atoms with Gasteiger partial charge in [0.05, 0.1) is 0 Å². The van der Waals surface area contributed by atoms with Gasteiger partial charge in [-0.3, -0.25) is 4.79 Å². The van der Waals surface area contributed by atoms with Gasteiger partial charge in [-0.25, -0.2) is 0 Å². The molecule has 1 aliphatic carbocycles. The highest BCUT2D eigenvalue weighted by molar-refractivity contribution is 5.82. The maximum atomic E-state index is 10.5. The number of hydrogen-bond donors (Lipinski definition) is 2. The molecule has 1 fully saturated rings. The molecule has 1 saturated carbocycles. The van der Waals surface area contributed by atoms with Crippen LogP contribution in [0.5, 0.6) is 0 Å². The molecule has 0 heterocycles. The number of carboxylic acid groups (broad SMARTS) is 1. The molecule has 1 aliphatic rings. The van der Waals surface area contributed by atoms with E-state index in [1.54, 1.807) is 0 Å². The minimum atomic E-state index is -0.895. The molecule has 2 atom stereocenters. The average Bonchev–Trinajstić information content (AvgIpc) is 2.43. The highest BCUT2D eigenvalue weighted by Gasteiger charge is 2.58. The molecule has 0 saturated heterocycles. The molecule has 0 aliphatic heterocycles. The number of aliphatic carboxylic acids is 1. The smallest absolute Gasteiger partial charge is 0.323 e. The molecule has 0 aromatic carbocycles. The summed E-state index contributed by atoms with van der Waals surface area (Å²) in [5, 5.41) is 8.61. The lowest BCUT2D eigenvalue weighted by Crippen LogP contribution is -2.36. The van der Waals surface area contributed by atoms with Crippen molar-refractivity contribution in [1.29, 1.82) is 0 Å². The Balaban J connectivity index is 2.56. The van der Waals surface area contributed by atoms with Crippen molar-refractivity contribution in [2.75, 3.05) is 0 Å². The van der Waals surface area contributed by atoms with Gasteiger partial charge in [-0.2, -0.15) is 0 Å². The van der Waals surface area contributed by atoms with Crippen LogP contribution in [0.2, 0.25) is 0 Å². The number of nitrogens with two attached hydrogens (primary N) is 1. The number of carbonyl (C=O) groups is 1. The van der Waals surface area contributed by atoms with Gasteiger partial charge in [-0.1, -0.05) is 13.8 Å². The molecule has 0 bridgehead atoms. The minimum Gasteiger partial charge on any atom is -0.480 e. The normalized spacial score (nSPS) is 38.2. The van der Waals surface area contributed by atoms with Gasteiger partial charge >= 0.3 is 5.97 Å². The Bertz CT molecular complexity index is 167. The minimum absolute atomic E-state index is 0.185. The second-order valence-electron chi connectivity index (χ2n) is 3.40. The molecular weight excluding hydrogens is 130 g/mol. The molecule has 3 nitrogen and oxygen atoms in total. The summed E-state index contributed by atoms with van der Waals surface area (Å²) < 4.78 is 0. The van der Waals surface area contributed by atoms with Gasteiger partial charge in [0.25, 0.3) is 0 Å². The zero-order valence-corrected chi connectivity index (χ0v) is 6.29. The maximum Gasteiger partial charge on any atom is 0.323 e. The van der Waals surface area contributed by atoms with Crippen LogP contribution >= 0.6 is 0 Å². The lowest BCUT2D eigenvalue weighted by Gasteiger charge is -2.06. The molecule has 58 valence electrons. The summed E-state index contributed by atoms with van der Waals surface area (Å²) in [6.07, 6.45) is 0.639. The molecule has 0 radical (unpaired) electrons. The topological polar surface area (TPSA) is 63.3 Å². The highest BCUT2D eigenvalue weighted by atomic mass is 16.4. The summed E-state index contributed by atoms with van der Waals surface area (Å²) in [4.78, 5) is 10.5. The van der Waals surface area contributed by atoms with Gasteiger partial charge < -0.3 is 10.8 Å². The van der Waals surface area contributed by atoms with Gasteiger partial charge in [0.2, 0.25) is 0 Å². The molecule has 0 amide bonds. The summed E-state index contributed by atoms with van der Waals surface area (Å²) in [6, 6.07) is 0. The standard InChI is InChI=1S/C7H13NO2/c1-4(2)5-3-7(5,8)6(9)10/h4-5H,3,8H2,1-2H3,(H,9,10)/t5-,7+/m0/s1. The molecule has 0 aromatic rings. The van der Waals surface area contributed by atoms with Crippen molar-refractivity contribution < 1.29 is 9.90 Å². The van der Waals surface area contributed by atoms with Gasteiger partial charge in [0.15, 0.2) is 0 Å². The van der Waals surface area contributed by atoms with Crippen LogP contribution in [0.25, 0.3) is 0 Å². The molecule has 0 unspecified atom stereocenters. The van der Waals surface area contributed by atoms with E-state index in [0.29, 0.717) is 12.3 Å². The largest absolute Gasteiger partial charge is 0.480 e. The predicted molar refractivity (Wildman–Crippen MR) is 37.5 cm³/mol. The quantitative estimate of drug-likeness (QED) is 0.589. The summed E-state index contributed by atoms with van der Waals surface area (Å²) >= 11 is 0. The Hall–Kier alpha value is -0.570. The van der Waals surface area contributed by atoms with E-state index in [4.69, 9.17) is 10.8 Å². The van der Waals surface area contributed by atoms with Crippen LogP contribution in [0.4, 0.5) is 0 Å². The van der Waals surface area contributed by atoms with Crippen LogP contribution < -0.4 is 5.73 Å². The summed E-state index contributed by atoms with van der Waals surface area (Å²) in [6.45, 7) is 4.00. The molecular formula is C7H13NO2. The zero-order chi connectivity index (χ0) is 7.94. The molecule has 10 heavy (non-hydrogen) atoms. The van der Waals surface area contributed by atoms with Gasteiger partial charge in [0.1, 0.15) is 5.54 Å². The van der Waals surface area contributed by atoms with Crippen LogP contribution in [0.1, 0.15) is 20.3 Å². The van der Waals surface area contributed by atoms with Gasteiger partial charge in [0, 0.05) is 0 Å². The van der Waals surface area contributed by atoms with Crippen molar-refractivity contribution in [3.63, 3.8) is 0 Å². The van der Waals surface area contributed by atoms with Crippen LogP contribution in [-0.4, -0.2) is 16.6 Å². The second-order valence-corrected chi connectivity index (χ2v) is 3.40. The van der Waals surface area contributed by atoms with Gasteiger partial charge in [-0.05, 0) is 18.3 Å². The fraction of sp³-hybridized carbons (Fsp3) is 0.857. The Morgan fingerprint density at radius 1 is 1.80 bits per heavy atom. The van der Waals surface area contributed by atoms with Crippen molar-refractivity contribution in [1.82, 2.24) is 0 Å². The van der Waals surface area contributed by atoms with Crippen LogP contribution in [0.3, 0.4) is 0 Å². The van der Waals surface area contributed by atoms with E-state index in [1.165, 1.54) is 0 Å². The third kappa shape index (κ3) is 0.904. The first kappa shape index (κ1) is 7.54. The molecule has 3 N–H and O–H groups in total. The highest BCUT2D eigenvalue weighted by Crippen LogP contribution is 2.46. The van der Waals surface area contributed by atoms with E-state index in [1.807, 2.05) is 13.8 Å². The molecule has 3 heteroatoms. The number of hydrogen-bond acceptors (Lipinski definition) is 2.